The van der Waals surface area contributed by atoms with Gasteiger partial charge in [0.15, 0.2) is 0 Å². The molecule has 0 aromatic rings. The molecule has 0 aliphatic carbocycles. The summed E-state index contributed by atoms with van der Waals surface area (Å²) in [7, 11) is 0.491. The van der Waals surface area contributed by atoms with Gasteiger partial charge < -0.3 is 0 Å². The molecule has 0 radical (unpaired) electrons. The van der Waals surface area contributed by atoms with Gasteiger partial charge in [0.1, 0.15) is 0 Å². The molecular weight excluding hydrogens is 146 g/mol. The van der Waals surface area contributed by atoms with Gasteiger partial charge in [0.2, 0.25) is 0 Å². The minimum atomic E-state index is 0.246. The molecule has 0 unspecified atom stereocenters. The van der Waals surface area contributed by atoms with E-state index in [-0.39, 0.29) is 15.8 Å². The van der Waals surface area contributed by atoms with Crippen molar-refractivity contribution in [3.63, 3.8) is 0 Å². The lowest BCUT2D eigenvalue weighted by Gasteiger charge is -2.34. The standard InChI is InChI=1S/C7H18P2/c1-7(2,8(3)4)9(5)6/h1-6H3. The van der Waals surface area contributed by atoms with Crippen LogP contribution in [-0.4, -0.2) is 31.6 Å². The van der Waals surface area contributed by atoms with Gasteiger partial charge in [0.05, 0.1) is 0 Å². The smallest absolute Gasteiger partial charge is 0.00398 e. The summed E-state index contributed by atoms with van der Waals surface area (Å²) in [6.07, 6.45) is 0. The molecule has 0 bridgehead atoms. The molecule has 0 aromatic carbocycles. The molecule has 0 spiro atoms. The molecular formula is C7H18P2. The van der Waals surface area contributed by atoms with Crippen LogP contribution in [0.5, 0.6) is 0 Å². The molecule has 0 atom stereocenters. The second-order valence-corrected chi connectivity index (χ2v) is 9.45. The van der Waals surface area contributed by atoms with Gasteiger partial charge in [-0.1, -0.05) is 13.8 Å². The maximum absolute atomic E-state index is 2.39. The monoisotopic (exact) mass is 164 g/mol. The molecule has 0 aliphatic rings. The highest BCUT2D eigenvalue weighted by Crippen LogP contribution is 2.59. The van der Waals surface area contributed by atoms with Gasteiger partial charge in [-0.15, -0.1) is 15.8 Å². The molecule has 2 heteroatoms. The molecule has 0 amide bonds. The van der Waals surface area contributed by atoms with Crippen LogP contribution in [0.3, 0.4) is 0 Å². The highest BCUT2D eigenvalue weighted by Gasteiger charge is 2.24. The fraction of sp³-hybridized carbons (Fsp3) is 1.00. The largest absolute Gasteiger partial charge is 0.103 e. The van der Waals surface area contributed by atoms with Crippen LogP contribution < -0.4 is 0 Å². The van der Waals surface area contributed by atoms with Gasteiger partial charge in [-0.05, 0) is 26.7 Å². The molecule has 0 aliphatic heterocycles. The molecule has 0 rings (SSSR count). The topological polar surface area (TPSA) is 0 Å². The van der Waals surface area contributed by atoms with Gasteiger partial charge >= 0.3 is 0 Å². The first-order valence-electron chi connectivity index (χ1n) is 3.24. The minimum Gasteiger partial charge on any atom is -0.103 e. The first kappa shape index (κ1) is 9.86. The van der Waals surface area contributed by atoms with E-state index < -0.39 is 0 Å². The van der Waals surface area contributed by atoms with Crippen molar-refractivity contribution in [3.8, 4) is 0 Å². The van der Waals surface area contributed by atoms with Crippen molar-refractivity contribution in [1.29, 1.82) is 0 Å². The predicted molar refractivity (Wildman–Crippen MR) is 51.6 cm³/mol. The fourth-order valence-electron chi connectivity index (χ4n) is 0.400. The van der Waals surface area contributed by atoms with E-state index in [2.05, 4.69) is 40.5 Å². The minimum absolute atomic E-state index is 0.246. The highest BCUT2D eigenvalue weighted by molar-refractivity contribution is 7.75. The molecule has 0 saturated heterocycles. The molecule has 0 saturated carbocycles. The molecule has 0 fully saturated rings. The summed E-state index contributed by atoms with van der Waals surface area (Å²) in [4.78, 5) is 0.630. The van der Waals surface area contributed by atoms with Crippen LogP contribution in [-0.2, 0) is 0 Å². The zero-order valence-corrected chi connectivity index (χ0v) is 9.18. The Morgan fingerprint density at radius 2 is 1.00 bits per heavy atom. The van der Waals surface area contributed by atoms with E-state index in [1.54, 1.807) is 0 Å². The lowest BCUT2D eigenvalue weighted by Crippen LogP contribution is -2.12. The first-order valence-corrected chi connectivity index (χ1v) is 7.71. The maximum Gasteiger partial charge on any atom is 0.00398 e. The molecule has 56 valence electrons. The van der Waals surface area contributed by atoms with Crippen LogP contribution in [0.2, 0.25) is 0 Å². The Morgan fingerprint density at radius 3 is 1.00 bits per heavy atom. The summed E-state index contributed by atoms with van der Waals surface area (Å²) in [5.74, 6) is 0. The molecule has 0 nitrogen and oxygen atoms in total. The number of hydrogen-bond acceptors (Lipinski definition) is 0. The van der Waals surface area contributed by atoms with Gasteiger partial charge in [-0.3, -0.25) is 0 Å². The van der Waals surface area contributed by atoms with E-state index in [1.807, 2.05) is 0 Å². The second kappa shape index (κ2) is 3.31. The van der Waals surface area contributed by atoms with Gasteiger partial charge in [-0.2, -0.15) is 0 Å². The summed E-state index contributed by atoms with van der Waals surface area (Å²) in [5.41, 5.74) is 0. The van der Waals surface area contributed by atoms with Crippen molar-refractivity contribution in [2.45, 2.75) is 18.7 Å². The Hall–Kier alpha value is 0.860. The fourth-order valence-corrected chi connectivity index (χ4v) is 3.60. The summed E-state index contributed by atoms with van der Waals surface area (Å²) in [6, 6.07) is 0. The Labute approximate surface area is 61.9 Å². The van der Waals surface area contributed by atoms with Crippen molar-refractivity contribution >= 4 is 15.8 Å². The van der Waals surface area contributed by atoms with Crippen LogP contribution >= 0.6 is 15.8 Å². The van der Waals surface area contributed by atoms with E-state index in [9.17, 15) is 0 Å². The van der Waals surface area contributed by atoms with Gasteiger partial charge in [0.25, 0.3) is 0 Å². The van der Waals surface area contributed by atoms with E-state index in [1.165, 1.54) is 0 Å². The summed E-state index contributed by atoms with van der Waals surface area (Å²) < 4.78 is 0. The van der Waals surface area contributed by atoms with Crippen molar-refractivity contribution in [2.24, 2.45) is 0 Å². The van der Waals surface area contributed by atoms with Crippen LogP contribution in [0.4, 0.5) is 0 Å². The average Bonchev–Trinajstić information content (AvgIpc) is 1.65. The Balaban J connectivity index is 4.01. The third-order valence-corrected chi connectivity index (χ3v) is 8.97. The number of rotatable bonds is 2. The average molecular weight is 164 g/mol. The first-order chi connectivity index (χ1) is 3.89. The predicted octanol–water partition coefficient (Wildman–Crippen LogP) is 3.21. The molecule has 9 heavy (non-hydrogen) atoms. The highest BCUT2D eigenvalue weighted by atomic mass is 31.2. The summed E-state index contributed by atoms with van der Waals surface area (Å²) in [5, 5.41) is 0. The Bertz CT molecular complexity index is 74.9. The van der Waals surface area contributed by atoms with Crippen molar-refractivity contribution < 1.29 is 0 Å². The zero-order valence-electron chi connectivity index (χ0n) is 7.39. The summed E-state index contributed by atoms with van der Waals surface area (Å²) >= 11 is 0. The lowest BCUT2D eigenvalue weighted by atomic mass is 10.5. The van der Waals surface area contributed by atoms with Gasteiger partial charge in [0, 0.05) is 4.90 Å². The molecule has 0 N–H and O–H groups in total. The zero-order chi connectivity index (χ0) is 7.65. The van der Waals surface area contributed by atoms with Crippen molar-refractivity contribution in [2.75, 3.05) is 26.7 Å². The van der Waals surface area contributed by atoms with E-state index in [0.717, 1.165) is 0 Å². The Morgan fingerprint density at radius 1 is 0.778 bits per heavy atom. The SMILES string of the molecule is CP(C)C(C)(C)P(C)C. The quantitative estimate of drug-likeness (QED) is 0.550. The van der Waals surface area contributed by atoms with Crippen LogP contribution in [0.15, 0.2) is 0 Å². The lowest BCUT2D eigenvalue weighted by molar-refractivity contribution is 0.992. The van der Waals surface area contributed by atoms with E-state index in [4.69, 9.17) is 0 Å². The third-order valence-electron chi connectivity index (χ3n) is 2.19. The molecule has 0 heterocycles. The van der Waals surface area contributed by atoms with Crippen molar-refractivity contribution in [3.05, 3.63) is 0 Å². The van der Waals surface area contributed by atoms with E-state index >= 15 is 0 Å². The Kier molecular flexibility index (Phi) is 3.63. The van der Waals surface area contributed by atoms with Crippen LogP contribution in [0, 0.1) is 0 Å². The second-order valence-electron chi connectivity index (χ2n) is 3.28. The van der Waals surface area contributed by atoms with Gasteiger partial charge in [-0.25, -0.2) is 0 Å². The molecule has 0 aromatic heterocycles. The van der Waals surface area contributed by atoms with Crippen LogP contribution in [0.1, 0.15) is 13.8 Å². The normalized spacial score (nSPS) is 13.3. The maximum atomic E-state index is 2.39. The number of hydrogen-bond donors (Lipinski definition) is 0. The van der Waals surface area contributed by atoms with E-state index in [0.29, 0.717) is 4.90 Å². The summed E-state index contributed by atoms with van der Waals surface area (Å²) in [6.45, 7) is 14.3. The van der Waals surface area contributed by atoms with Crippen molar-refractivity contribution in [1.82, 2.24) is 0 Å². The van der Waals surface area contributed by atoms with Crippen LogP contribution in [0.25, 0.3) is 0 Å². The third kappa shape index (κ3) is 2.52.